The van der Waals surface area contributed by atoms with Crippen molar-refractivity contribution in [3.05, 3.63) is 29.8 Å². The molecule has 2 fully saturated rings. The van der Waals surface area contributed by atoms with E-state index in [1.165, 1.54) is 12.8 Å². The Bertz CT molecular complexity index is 448. The van der Waals surface area contributed by atoms with E-state index in [2.05, 4.69) is 11.0 Å². The molecule has 2 atom stereocenters. The average Bonchev–Trinajstić information content (AvgIpc) is 2.46. The molecule has 0 amide bonds. The zero-order valence-electron chi connectivity index (χ0n) is 11.4. The van der Waals surface area contributed by atoms with Crippen LogP contribution in [0.5, 0.6) is 0 Å². The quantitative estimate of drug-likeness (QED) is 0.858. The molecular formula is C16H23NO2. The molecule has 1 saturated heterocycles. The molecule has 19 heavy (non-hydrogen) atoms. The van der Waals surface area contributed by atoms with Crippen LogP contribution in [0.15, 0.2) is 24.3 Å². The van der Waals surface area contributed by atoms with Crippen molar-refractivity contribution in [3.63, 3.8) is 0 Å². The van der Waals surface area contributed by atoms with E-state index in [1.54, 1.807) is 0 Å². The van der Waals surface area contributed by atoms with Crippen LogP contribution in [-0.2, 0) is 6.61 Å². The second kappa shape index (κ2) is 5.14. The number of nitrogens with zero attached hydrogens (tertiary/aromatic N) is 1. The predicted molar refractivity (Wildman–Crippen MR) is 76.1 cm³/mol. The normalized spacial score (nSPS) is 31.1. The van der Waals surface area contributed by atoms with Gasteiger partial charge in [0.2, 0.25) is 0 Å². The Labute approximate surface area is 114 Å². The highest BCUT2D eigenvalue weighted by Crippen LogP contribution is 2.41. The molecule has 3 heteroatoms. The first-order chi connectivity index (χ1) is 9.23. The van der Waals surface area contributed by atoms with Crippen LogP contribution in [0, 0.1) is 5.92 Å². The maximum Gasteiger partial charge on any atom is 0.0709 e. The van der Waals surface area contributed by atoms with E-state index in [9.17, 15) is 10.2 Å². The van der Waals surface area contributed by atoms with Gasteiger partial charge in [-0.1, -0.05) is 31.0 Å². The molecule has 0 spiro atoms. The first-order valence-corrected chi connectivity index (χ1v) is 7.39. The third-order valence-electron chi connectivity index (χ3n) is 4.93. The number of fused-ring (bicyclic) bond motifs is 1. The molecule has 3 rings (SSSR count). The summed E-state index contributed by atoms with van der Waals surface area (Å²) in [5, 5.41) is 20.2. The van der Waals surface area contributed by atoms with Gasteiger partial charge in [-0.25, -0.2) is 0 Å². The molecule has 0 radical (unpaired) electrons. The van der Waals surface area contributed by atoms with Gasteiger partial charge in [-0.3, -0.25) is 0 Å². The van der Waals surface area contributed by atoms with Crippen molar-refractivity contribution in [3.8, 4) is 0 Å². The van der Waals surface area contributed by atoms with Gasteiger partial charge in [0.25, 0.3) is 0 Å². The lowest BCUT2D eigenvalue weighted by atomic mass is 9.71. The fraction of sp³-hybridized carbons (Fsp3) is 0.625. The minimum Gasteiger partial charge on any atom is -0.392 e. The molecule has 0 aromatic heterocycles. The van der Waals surface area contributed by atoms with Gasteiger partial charge in [-0.2, -0.15) is 0 Å². The molecule has 2 aliphatic rings. The number of aliphatic hydroxyl groups is 2. The van der Waals surface area contributed by atoms with Crippen molar-refractivity contribution in [2.24, 2.45) is 5.92 Å². The summed E-state index contributed by atoms with van der Waals surface area (Å²) >= 11 is 0. The maximum atomic E-state index is 10.7. The molecule has 1 aromatic carbocycles. The fourth-order valence-electron chi connectivity index (χ4n) is 3.74. The summed E-state index contributed by atoms with van der Waals surface area (Å²) in [7, 11) is 0. The first kappa shape index (κ1) is 12.9. The molecule has 3 nitrogen and oxygen atoms in total. The molecule has 104 valence electrons. The van der Waals surface area contributed by atoms with E-state index in [0.717, 1.165) is 43.6 Å². The average molecular weight is 261 g/mol. The van der Waals surface area contributed by atoms with Crippen molar-refractivity contribution in [1.29, 1.82) is 0 Å². The highest BCUT2D eigenvalue weighted by Gasteiger charge is 2.42. The van der Waals surface area contributed by atoms with Crippen molar-refractivity contribution >= 4 is 5.69 Å². The van der Waals surface area contributed by atoms with Crippen LogP contribution in [0.1, 0.15) is 37.7 Å². The minimum atomic E-state index is -0.428. The summed E-state index contributed by atoms with van der Waals surface area (Å²) in [5.74, 6) is 0.391. The maximum absolute atomic E-state index is 10.7. The van der Waals surface area contributed by atoms with Gasteiger partial charge in [-0.15, -0.1) is 0 Å². The van der Waals surface area contributed by atoms with Crippen LogP contribution in [-0.4, -0.2) is 28.9 Å². The summed E-state index contributed by atoms with van der Waals surface area (Å²) in [6, 6.07) is 8.06. The number of anilines is 1. The fourth-order valence-corrected chi connectivity index (χ4v) is 3.74. The van der Waals surface area contributed by atoms with Crippen molar-refractivity contribution in [2.45, 2.75) is 44.3 Å². The number of benzene rings is 1. The molecule has 1 aliphatic heterocycles. The second-order valence-corrected chi connectivity index (χ2v) is 6.03. The van der Waals surface area contributed by atoms with Crippen molar-refractivity contribution in [2.75, 3.05) is 18.0 Å². The van der Waals surface area contributed by atoms with Gasteiger partial charge in [0.15, 0.2) is 0 Å². The first-order valence-electron chi connectivity index (χ1n) is 7.39. The van der Waals surface area contributed by atoms with Crippen LogP contribution < -0.4 is 4.90 Å². The summed E-state index contributed by atoms with van der Waals surface area (Å²) in [6.45, 7) is 1.90. The Morgan fingerprint density at radius 1 is 1.21 bits per heavy atom. The largest absolute Gasteiger partial charge is 0.392 e. The van der Waals surface area contributed by atoms with E-state index in [1.807, 2.05) is 18.2 Å². The molecule has 2 unspecified atom stereocenters. The monoisotopic (exact) mass is 261 g/mol. The number of hydrogen-bond donors (Lipinski definition) is 2. The number of hydrogen-bond acceptors (Lipinski definition) is 3. The summed E-state index contributed by atoms with van der Waals surface area (Å²) < 4.78 is 0. The summed E-state index contributed by atoms with van der Waals surface area (Å²) in [6.07, 6.45) is 5.36. The molecular weight excluding hydrogens is 238 g/mol. The standard InChI is InChI=1S/C16H23NO2/c18-12-13-5-1-2-7-15(13)17-10-9-16(19)8-4-3-6-14(16)11-17/h1-2,5,7,14,18-19H,3-4,6,8-12H2. The van der Waals surface area contributed by atoms with Crippen LogP contribution in [0.2, 0.25) is 0 Å². The topological polar surface area (TPSA) is 43.7 Å². The Hall–Kier alpha value is -1.06. The summed E-state index contributed by atoms with van der Waals surface area (Å²) in [5.41, 5.74) is 1.70. The third kappa shape index (κ3) is 2.37. The zero-order valence-corrected chi connectivity index (χ0v) is 11.4. The van der Waals surface area contributed by atoms with Gasteiger partial charge >= 0.3 is 0 Å². The van der Waals surface area contributed by atoms with E-state index in [4.69, 9.17) is 0 Å². The Morgan fingerprint density at radius 2 is 2.05 bits per heavy atom. The van der Waals surface area contributed by atoms with Gasteiger partial charge in [-0.05, 0) is 25.3 Å². The molecule has 1 aromatic rings. The Kier molecular flexibility index (Phi) is 3.50. The van der Waals surface area contributed by atoms with Crippen molar-refractivity contribution < 1.29 is 10.2 Å². The van der Waals surface area contributed by atoms with E-state index >= 15 is 0 Å². The van der Waals surface area contributed by atoms with E-state index in [-0.39, 0.29) is 6.61 Å². The lowest BCUT2D eigenvalue weighted by Gasteiger charge is -2.48. The Balaban J connectivity index is 1.81. The summed E-state index contributed by atoms with van der Waals surface area (Å²) in [4.78, 5) is 2.34. The lowest BCUT2D eigenvalue weighted by molar-refractivity contribution is -0.0612. The SMILES string of the molecule is OCc1ccccc1N1CCC2(O)CCCCC2C1. The Morgan fingerprint density at radius 3 is 2.89 bits per heavy atom. The van der Waals surface area contributed by atoms with Crippen molar-refractivity contribution in [1.82, 2.24) is 0 Å². The highest BCUT2D eigenvalue weighted by atomic mass is 16.3. The van der Waals surface area contributed by atoms with Crippen LogP contribution in [0.25, 0.3) is 0 Å². The van der Waals surface area contributed by atoms with E-state index < -0.39 is 5.60 Å². The van der Waals surface area contributed by atoms with E-state index in [0.29, 0.717) is 5.92 Å². The number of aliphatic hydroxyl groups excluding tert-OH is 1. The minimum absolute atomic E-state index is 0.0849. The molecule has 1 heterocycles. The third-order valence-corrected chi connectivity index (χ3v) is 4.93. The number of piperidine rings is 1. The number of para-hydroxylation sites is 1. The smallest absolute Gasteiger partial charge is 0.0709 e. The van der Waals surface area contributed by atoms with Gasteiger partial charge in [0, 0.05) is 30.3 Å². The van der Waals surface area contributed by atoms with Crippen LogP contribution in [0.3, 0.4) is 0 Å². The number of rotatable bonds is 2. The predicted octanol–water partition coefficient (Wildman–Crippen LogP) is 2.31. The zero-order chi connectivity index (χ0) is 13.3. The van der Waals surface area contributed by atoms with Gasteiger partial charge in [0.05, 0.1) is 12.2 Å². The van der Waals surface area contributed by atoms with Gasteiger partial charge < -0.3 is 15.1 Å². The lowest BCUT2D eigenvalue weighted by Crippen LogP contribution is -2.53. The highest BCUT2D eigenvalue weighted by molar-refractivity contribution is 5.54. The van der Waals surface area contributed by atoms with Crippen LogP contribution >= 0.6 is 0 Å². The molecule has 1 saturated carbocycles. The molecule has 1 aliphatic carbocycles. The van der Waals surface area contributed by atoms with Gasteiger partial charge in [0.1, 0.15) is 0 Å². The molecule has 2 N–H and O–H groups in total. The second-order valence-electron chi connectivity index (χ2n) is 6.03. The van der Waals surface area contributed by atoms with Crippen LogP contribution in [0.4, 0.5) is 5.69 Å². The molecule has 0 bridgehead atoms.